The summed E-state index contributed by atoms with van der Waals surface area (Å²) in [5.74, 6) is -0.307. The molecule has 1 aliphatic heterocycles. The van der Waals surface area contributed by atoms with Crippen LogP contribution in [-0.2, 0) is 4.74 Å². The van der Waals surface area contributed by atoms with Crippen LogP contribution in [0, 0.1) is 10.1 Å². The highest BCUT2D eigenvalue weighted by atomic mass is 19.1. The molecule has 8 nitrogen and oxygen atoms in total. The van der Waals surface area contributed by atoms with Crippen LogP contribution in [0.3, 0.4) is 0 Å². The molecule has 0 spiro atoms. The standard InChI is InChI=1S/C16H23FN4O4/c1-15(2,3)25-14(22)19-16(4)7-9-20(10-12(16)17)11-6-5-8-18-13(11)21(23)24/h5-6,8,12H,7,9-10H2,1-4H3,(H,19,22). The van der Waals surface area contributed by atoms with Crippen molar-refractivity contribution < 1.29 is 18.8 Å². The molecular formula is C16H23FN4O4. The molecular weight excluding hydrogens is 331 g/mol. The van der Waals surface area contributed by atoms with Crippen LogP contribution in [0.4, 0.5) is 20.7 Å². The number of alkyl halides is 1. The van der Waals surface area contributed by atoms with Crippen molar-refractivity contribution in [3.8, 4) is 0 Å². The second-order valence-corrected chi connectivity index (χ2v) is 7.31. The van der Waals surface area contributed by atoms with E-state index in [0.29, 0.717) is 6.54 Å². The minimum Gasteiger partial charge on any atom is -0.444 e. The number of nitrogens with zero attached hydrogens (tertiary/aromatic N) is 3. The molecule has 0 aliphatic carbocycles. The van der Waals surface area contributed by atoms with Crippen molar-refractivity contribution in [1.82, 2.24) is 10.3 Å². The lowest BCUT2D eigenvalue weighted by molar-refractivity contribution is -0.388. The fraction of sp³-hybridized carbons (Fsp3) is 0.625. The van der Waals surface area contributed by atoms with Gasteiger partial charge in [-0.05, 0) is 56.2 Å². The molecule has 1 fully saturated rings. The SMILES string of the molecule is CC(C)(C)OC(=O)NC1(C)CCN(c2cccnc2[N+](=O)[O-])CC1F. The molecule has 2 unspecified atom stereocenters. The highest BCUT2D eigenvalue weighted by Gasteiger charge is 2.43. The summed E-state index contributed by atoms with van der Waals surface area (Å²) in [6.45, 7) is 7.05. The summed E-state index contributed by atoms with van der Waals surface area (Å²) in [5.41, 5.74) is -1.51. The summed E-state index contributed by atoms with van der Waals surface area (Å²) in [6, 6.07) is 3.12. The van der Waals surface area contributed by atoms with Crippen molar-refractivity contribution in [3.05, 3.63) is 28.4 Å². The quantitative estimate of drug-likeness (QED) is 0.662. The fourth-order valence-electron chi connectivity index (χ4n) is 2.68. The maximum absolute atomic E-state index is 14.8. The summed E-state index contributed by atoms with van der Waals surface area (Å²) in [7, 11) is 0. The summed E-state index contributed by atoms with van der Waals surface area (Å²) in [5, 5.41) is 13.7. The Balaban J connectivity index is 2.10. The molecule has 2 heterocycles. The Morgan fingerprint density at radius 1 is 1.56 bits per heavy atom. The third-order valence-electron chi connectivity index (χ3n) is 4.04. The van der Waals surface area contributed by atoms with Gasteiger partial charge < -0.3 is 25.1 Å². The third-order valence-corrected chi connectivity index (χ3v) is 4.04. The fourth-order valence-corrected chi connectivity index (χ4v) is 2.68. The second-order valence-electron chi connectivity index (χ2n) is 7.31. The Morgan fingerprint density at radius 3 is 2.80 bits per heavy atom. The first kappa shape index (κ1) is 18.9. The van der Waals surface area contributed by atoms with Gasteiger partial charge in [0.05, 0.1) is 12.1 Å². The molecule has 138 valence electrons. The molecule has 1 N–H and O–H groups in total. The molecule has 1 amide bonds. The van der Waals surface area contributed by atoms with E-state index in [1.54, 1.807) is 44.7 Å². The first-order valence-electron chi connectivity index (χ1n) is 8.01. The first-order valence-corrected chi connectivity index (χ1v) is 8.01. The van der Waals surface area contributed by atoms with E-state index in [1.807, 2.05) is 0 Å². The Kier molecular flexibility index (Phi) is 5.15. The smallest absolute Gasteiger partial charge is 0.408 e. The van der Waals surface area contributed by atoms with E-state index < -0.39 is 28.3 Å². The number of anilines is 1. The summed E-state index contributed by atoms with van der Waals surface area (Å²) >= 11 is 0. The number of amides is 1. The monoisotopic (exact) mass is 354 g/mol. The van der Waals surface area contributed by atoms with Gasteiger partial charge in [-0.25, -0.2) is 9.18 Å². The van der Waals surface area contributed by atoms with Crippen LogP contribution in [0.1, 0.15) is 34.1 Å². The second kappa shape index (κ2) is 6.81. The molecule has 0 aromatic carbocycles. The van der Waals surface area contributed by atoms with E-state index >= 15 is 0 Å². The minimum absolute atomic E-state index is 0.0845. The molecule has 0 saturated carbocycles. The van der Waals surface area contributed by atoms with Crippen LogP contribution in [0.5, 0.6) is 0 Å². The molecule has 0 bridgehead atoms. The number of carbonyl (C=O) groups excluding carboxylic acids is 1. The van der Waals surface area contributed by atoms with Crippen molar-refractivity contribution in [3.63, 3.8) is 0 Å². The van der Waals surface area contributed by atoms with Crippen molar-refractivity contribution in [2.24, 2.45) is 0 Å². The topological polar surface area (TPSA) is 97.6 Å². The molecule has 0 radical (unpaired) electrons. The van der Waals surface area contributed by atoms with Gasteiger partial charge in [-0.3, -0.25) is 0 Å². The van der Waals surface area contributed by atoms with Gasteiger partial charge in [0, 0.05) is 6.54 Å². The van der Waals surface area contributed by atoms with Gasteiger partial charge in [0.15, 0.2) is 0 Å². The first-order chi connectivity index (χ1) is 11.5. The maximum Gasteiger partial charge on any atom is 0.408 e. The molecule has 1 aliphatic rings. The number of hydrogen-bond donors (Lipinski definition) is 1. The third kappa shape index (κ3) is 4.55. The lowest BCUT2D eigenvalue weighted by Gasteiger charge is -2.43. The van der Waals surface area contributed by atoms with E-state index in [1.165, 1.54) is 6.20 Å². The molecule has 25 heavy (non-hydrogen) atoms. The predicted octanol–water partition coefficient (Wildman–Crippen LogP) is 2.82. The van der Waals surface area contributed by atoms with Gasteiger partial charge in [-0.2, -0.15) is 0 Å². The van der Waals surface area contributed by atoms with Crippen molar-refractivity contribution in [1.29, 1.82) is 0 Å². The summed E-state index contributed by atoms with van der Waals surface area (Å²) < 4.78 is 20.0. The van der Waals surface area contributed by atoms with Crippen molar-refractivity contribution in [2.45, 2.75) is 51.4 Å². The Hall–Kier alpha value is -2.45. The average Bonchev–Trinajstić information content (AvgIpc) is 2.48. The average molecular weight is 354 g/mol. The number of halogens is 1. The van der Waals surface area contributed by atoms with Gasteiger partial charge in [-0.15, -0.1) is 0 Å². The molecule has 1 aromatic heterocycles. The molecule has 1 saturated heterocycles. The van der Waals surface area contributed by atoms with E-state index in [2.05, 4.69) is 10.3 Å². The van der Waals surface area contributed by atoms with Crippen LogP contribution < -0.4 is 10.2 Å². The van der Waals surface area contributed by atoms with Gasteiger partial charge in [0.1, 0.15) is 23.7 Å². The van der Waals surface area contributed by atoms with Gasteiger partial charge in [0.25, 0.3) is 0 Å². The number of piperidine rings is 1. The number of alkyl carbamates (subject to hydrolysis) is 1. The minimum atomic E-state index is -1.42. The Morgan fingerprint density at radius 2 is 2.24 bits per heavy atom. The number of hydrogen-bond acceptors (Lipinski definition) is 6. The van der Waals surface area contributed by atoms with Crippen molar-refractivity contribution in [2.75, 3.05) is 18.0 Å². The van der Waals surface area contributed by atoms with Crippen LogP contribution in [0.15, 0.2) is 18.3 Å². The zero-order valence-corrected chi connectivity index (χ0v) is 14.8. The number of pyridine rings is 1. The highest BCUT2D eigenvalue weighted by Crippen LogP contribution is 2.32. The number of aromatic nitrogens is 1. The summed E-state index contributed by atoms with van der Waals surface area (Å²) in [6.07, 6.45) is -0.501. The van der Waals surface area contributed by atoms with E-state index in [9.17, 15) is 19.3 Å². The van der Waals surface area contributed by atoms with Crippen molar-refractivity contribution >= 4 is 17.6 Å². The van der Waals surface area contributed by atoms with Gasteiger partial charge >= 0.3 is 11.9 Å². The lowest BCUT2D eigenvalue weighted by atomic mass is 9.87. The normalized spacial score (nSPS) is 23.9. The van der Waals surface area contributed by atoms with Crippen LogP contribution in [-0.4, -0.2) is 46.4 Å². The largest absolute Gasteiger partial charge is 0.444 e. The molecule has 2 atom stereocenters. The van der Waals surface area contributed by atoms with E-state index in [0.717, 1.165) is 0 Å². The lowest BCUT2D eigenvalue weighted by Crippen LogP contribution is -2.61. The van der Waals surface area contributed by atoms with Gasteiger partial charge in [0.2, 0.25) is 0 Å². The zero-order valence-electron chi connectivity index (χ0n) is 14.8. The number of rotatable bonds is 3. The van der Waals surface area contributed by atoms with E-state index in [-0.39, 0.29) is 24.5 Å². The number of nitrogens with one attached hydrogen (secondary N) is 1. The molecule has 1 aromatic rings. The highest BCUT2D eigenvalue weighted by molar-refractivity contribution is 5.69. The maximum atomic E-state index is 14.8. The Labute approximate surface area is 145 Å². The van der Waals surface area contributed by atoms with Crippen LogP contribution >= 0.6 is 0 Å². The summed E-state index contributed by atoms with van der Waals surface area (Å²) in [4.78, 5) is 27.8. The van der Waals surface area contributed by atoms with Crippen LogP contribution in [0.2, 0.25) is 0 Å². The predicted molar refractivity (Wildman–Crippen MR) is 90.4 cm³/mol. The molecule has 2 rings (SSSR count). The number of carbonyl (C=O) groups is 1. The Bertz CT molecular complexity index is 664. The zero-order chi connectivity index (χ0) is 18.8. The van der Waals surface area contributed by atoms with E-state index in [4.69, 9.17) is 4.74 Å². The molecule has 9 heteroatoms. The van der Waals surface area contributed by atoms with Gasteiger partial charge in [-0.1, -0.05) is 0 Å². The number of ether oxygens (including phenoxy) is 1. The number of nitro groups is 1. The van der Waals surface area contributed by atoms with Crippen LogP contribution in [0.25, 0.3) is 0 Å².